The van der Waals surface area contributed by atoms with Gasteiger partial charge in [0.1, 0.15) is 5.82 Å². The number of aromatic nitrogens is 1. The van der Waals surface area contributed by atoms with Crippen LogP contribution in [0, 0.1) is 13.8 Å². The average molecular weight is 341 g/mol. The van der Waals surface area contributed by atoms with Crippen molar-refractivity contribution in [3.63, 3.8) is 0 Å². The van der Waals surface area contributed by atoms with E-state index in [1.54, 1.807) is 24.0 Å². The monoisotopic (exact) mass is 341 g/mol. The Morgan fingerprint density at radius 3 is 2.52 bits per heavy atom. The van der Waals surface area contributed by atoms with E-state index < -0.39 is 12.1 Å². The molecule has 132 valence electrons. The van der Waals surface area contributed by atoms with Gasteiger partial charge < -0.3 is 15.0 Å². The summed E-state index contributed by atoms with van der Waals surface area (Å²) in [7, 11) is 3.66. The normalized spacial score (nSPS) is 11.6. The minimum absolute atomic E-state index is 0.352. The maximum Gasteiger partial charge on any atom is 0.339 e. The second kappa shape index (κ2) is 7.79. The highest BCUT2D eigenvalue weighted by molar-refractivity contribution is 5.97. The average Bonchev–Trinajstić information content (AvgIpc) is 2.57. The second-order valence-electron chi connectivity index (χ2n) is 6.15. The Hall–Kier alpha value is -2.89. The SMILES string of the molecule is Cc1ccc(NC(=O)C(C)OC(=O)c2ccnc(N(C)C)c2)c(C)c1. The van der Waals surface area contributed by atoms with Gasteiger partial charge in [-0.25, -0.2) is 9.78 Å². The number of carbonyl (C=O) groups is 2. The number of hydrogen-bond acceptors (Lipinski definition) is 5. The van der Waals surface area contributed by atoms with E-state index >= 15 is 0 Å². The molecule has 1 unspecified atom stereocenters. The van der Waals surface area contributed by atoms with E-state index in [1.807, 2.05) is 46.1 Å². The molecule has 1 aromatic carbocycles. The van der Waals surface area contributed by atoms with Gasteiger partial charge >= 0.3 is 5.97 Å². The lowest BCUT2D eigenvalue weighted by Gasteiger charge is -2.16. The molecule has 0 aliphatic carbocycles. The zero-order chi connectivity index (χ0) is 18.6. The van der Waals surface area contributed by atoms with Crippen LogP contribution in [-0.4, -0.2) is 37.1 Å². The molecule has 6 heteroatoms. The summed E-state index contributed by atoms with van der Waals surface area (Å²) < 4.78 is 5.27. The van der Waals surface area contributed by atoms with Crippen LogP contribution in [0.3, 0.4) is 0 Å². The van der Waals surface area contributed by atoms with Crippen LogP contribution < -0.4 is 10.2 Å². The van der Waals surface area contributed by atoms with Gasteiger partial charge in [-0.15, -0.1) is 0 Å². The number of ether oxygens (including phenoxy) is 1. The fourth-order valence-corrected chi connectivity index (χ4v) is 2.26. The topological polar surface area (TPSA) is 71.5 Å². The molecule has 0 aliphatic heterocycles. The van der Waals surface area contributed by atoms with Crippen molar-refractivity contribution >= 4 is 23.4 Å². The number of rotatable bonds is 5. The van der Waals surface area contributed by atoms with Crippen molar-refractivity contribution in [2.45, 2.75) is 26.9 Å². The van der Waals surface area contributed by atoms with Gasteiger partial charge in [0.15, 0.2) is 6.10 Å². The van der Waals surface area contributed by atoms with Crippen molar-refractivity contribution in [3.8, 4) is 0 Å². The van der Waals surface area contributed by atoms with Crippen LogP contribution in [0.25, 0.3) is 0 Å². The molecule has 0 saturated heterocycles. The van der Waals surface area contributed by atoms with E-state index in [1.165, 1.54) is 6.20 Å². The lowest BCUT2D eigenvalue weighted by atomic mass is 10.1. The minimum Gasteiger partial charge on any atom is -0.449 e. The van der Waals surface area contributed by atoms with Crippen molar-refractivity contribution in [2.75, 3.05) is 24.3 Å². The van der Waals surface area contributed by atoms with Gasteiger partial charge in [0.05, 0.1) is 5.56 Å². The third-order valence-corrected chi connectivity index (χ3v) is 3.73. The molecule has 2 rings (SSSR count). The van der Waals surface area contributed by atoms with Crippen LogP contribution >= 0.6 is 0 Å². The molecule has 1 heterocycles. The molecule has 2 aromatic rings. The predicted octanol–water partition coefficient (Wildman–Crippen LogP) is 2.95. The Morgan fingerprint density at radius 2 is 1.88 bits per heavy atom. The van der Waals surface area contributed by atoms with Gasteiger partial charge in [0.25, 0.3) is 5.91 Å². The second-order valence-corrected chi connectivity index (χ2v) is 6.15. The number of nitrogens with zero attached hydrogens (tertiary/aromatic N) is 2. The first-order valence-electron chi connectivity index (χ1n) is 8.00. The lowest BCUT2D eigenvalue weighted by molar-refractivity contribution is -0.123. The first-order chi connectivity index (χ1) is 11.8. The van der Waals surface area contributed by atoms with Gasteiger partial charge in [-0.2, -0.15) is 0 Å². The largest absolute Gasteiger partial charge is 0.449 e. The molecule has 1 aromatic heterocycles. The lowest BCUT2D eigenvalue weighted by Crippen LogP contribution is -2.30. The van der Waals surface area contributed by atoms with Crippen LogP contribution in [-0.2, 0) is 9.53 Å². The molecule has 0 aliphatic rings. The van der Waals surface area contributed by atoms with Crippen molar-refractivity contribution < 1.29 is 14.3 Å². The van der Waals surface area contributed by atoms with Gasteiger partial charge in [-0.3, -0.25) is 4.79 Å². The highest BCUT2D eigenvalue weighted by Crippen LogP contribution is 2.17. The van der Waals surface area contributed by atoms with Crippen molar-refractivity contribution in [3.05, 3.63) is 53.2 Å². The standard InChI is InChI=1S/C19H23N3O3/c1-12-6-7-16(13(2)10-12)21-18(23)14(3)25-19(24)15-8-9-20-17(11-15)22(4)5/h6-11,14H,1-5H3,(H,21,23). The summed E-state index contributed by atoms with van der Waals surface area (Å²) in [6.07, 6.45) is 0.621. The number of esters is 1. The van der Waals surface area contributed by atoms with Crippen LogP contribution in [0.2, 0.25) is 0 Å². The zero-order valence-corrected chi connectivity index (χ0v) is 15.2. The zero-order valence-electron chi connectivity index (χ0n) is 15.2. The number of carbonyl (C=O) groups excluding carboxylic acids is 2. The van der Waals surface area contributed by atoms with Crippen LogP contribution in [0.15, 0.2) is 36.5 Å². The number of anilines is 2. The number of hydrogen-bond donors (Lipinski definition) is 1. The summed E-state index contributed by atoms with van der Waals surface area (Å²) in [5.74, 6) is -0.294. The molecular weight excluding hydrogens is 318 g/mol. The smallest absolute Gasteiger partial charge is 0.339 e. The number of aryl methyl sites for hydroxylation is 2. The fraction of sp³-hybridized carbons (Fsp3) is 0.316. The quantitative estimate of drug-likeness (QED) is 0.847. The summed E-state index contributed by atoms with van der Waals surface area (Å²) in [5.41, 5.74) is 3.13. The van der Waals surface area contributed by atoms with Gasteiger partial charge in [0, 0.05) is 26.0 Å². The Kier molecular flexibility index (Phi) is 5.75. The molecule has 1 atom stereocenters. The molecule has 0 saturated carbocycles. The number of amides is 1. The summed E-state index contributed by atoms with van der Waals surface area (Å²) >= 11 is 0. The molecule has 0 bridgehead atoms. The van der Waals surface area contributed by atoms with E-state index in [0.717, 1.165) is 11.1 Å². The fourth-order valence-electron chi connectivity index (χ4n) is 2.26. The third-order valence-electron chi connectivity index (χ3n) is 3.73. The van der Waals surface area contributed by atoms with E-state index in [4.69, 9.17) is 4.74 Å². The molecule has 1 amide bonds. The van der Waals surface area contributed by atoms with Crippen LogP contribution in [0.4, 0.5) is 11.5 Å². The van der Waals surface area contributed by atoms with Crippen LogP contribution in [0.5, 0.6) is 0 Å². The summed E-state index contributed by atoms with van der Waals surface area (Å²) in [6, 6.07) is 8.91. The summed E-state index contributed by atoms with van der Waals surface area (Å²) in [4.78, 5) is 30.5. The molecule has 0 fully saturated rings. The molecular formula is C19H23N3O3. The first kappa shape index (κ1) is 18.4. The highest BCUT2D eigenvalue weighted by Gasteiger charge is 2.20. The van der Waals surface area contributed by atoms with E-state index in [0.29, 0.717) is 17.1 Å². The third kappa shape index (κ3) is 4.79. The minimum atomic E-state index is -0.913. The Labute approximate surface area is 147 Å². The van der Waals surface area contributed by atoms with Gasteiger partial charge in [0.2, 0.25) is 0 Å². The molecule has 1 N–H and O–H groups in total. The molecule has 6 nitrogen and oxygen atoms in total. The van der Waals surface area contributed by atoms with Gasteiger partial charge in [-0.1, -0.05) is 17.7 Å². The molecule has 25 heavy (non-hydrogen) atoms. The Morgan fingerprint density at radius 1 is 1.16 bits per heavy atom. The van der Waals surface area contributed by atoms with Crippen LogP contribution in [0.1, 0.15) is 28.4 Å². The summed E-state index contributed by atoms with van der Waals surface area (Å²) in [6.45, 7) is 5.45. The number of nitrogens with one attached hydrogen (secondary N) is 1. The molecule has 0 radical (unpaired) electrons. The number of pyridine rings is 1. The van der Waals surface area contributed by atoms with E-state index in [2.05, 4.69) is 10.3 Å². The Balaban J connectivity index is 2.03. The van der Waals surface area contributed by atoms with Gasteiger partial charge in [-0.05, 0) is 44.5 Å². The van der Waals surface area contributed by atoms with E-state index in [-0.39, 0.29) is 5.91 Å². The highest BCUT2D eigenvalue weighted by atomic mass is 16.5. The van der Waals surface area contributed by atoms with E-state index in [9.17, 15) is 9.59 Å². The number of benzene rings is 1. The van der Waals surface area contributed by atoms with Crippen molar-refractivity contribution in [2.24, 2.45) is 0 Å². The Bertz CT molecular complexity index is 787. The molecule has 0 spiro atoms. The maximum atomic E-state index is 12.3. The van der Waals surface area contributed by atoms with Crippen molar-refractivity contribution in [1.29, 1.82) is 0 Å². The first-order valence-corrected chi connectivity index (χ1v) is 8.00. The summed E-state index contributed by atoms with van der Waals surface area (Å²) in [5, 5.41) is 2.79. The van der Waals surface area contributed by atoms with Crippen molar-refractivity contribution in [1.82, 2.24) is 4.98 Å². The maximum absolute atomic E-state index is 12.3. The predicted molar refractivity (Wildman–Crippen MR) is 98.0 cm³/mol.